The Morgan fingerprint density at radius 1 is 0.450 bits per heavy atom. The molecule has 0 spiro atoms. The molecule has 0 bridgehead atoms. The summed E-state index contributed by atoms with van der Waals surface area (Å²) < 4.78 is 0. The van der Waals surface area contributed by atoms with E-state index in [9.17, 15) is 0 Å². The van der Waals surface area contributed by atoms with Crippen LogP contribution in [0.4, 0.5) is 0 Å². The third kappa shape index (κ3) is 13.0. The molecule has 2 unspecified atom stereocenters. The fraction of sp³-hybridized carbons (Fsp3) is 1.00. The first-order valence-electron chi connectivity index (χ1n) is 9.72. The largest absolute Gasteiger partial charge is 0.0654 e. The molecule has 0 heterocycles. The lowest BCUT2D eigenvalue weighted by Gasteiger charge is -2.19. The van der Waals surface area contributed by atoms with Crippen molar-refractivity contribution in [3.63, 3.8) is 0 Å². The van der Waals surface area contributed by atoms with E-state index in [-0.39, 0.29) is 0 Å². The van der Waals surface area contributed by atoms with E-state index in [1.54, 1.807) is 0 Å². The first kappa shape index (κ1) is 20.0. The van der Waals surface area contributed by atoms with E-state index in [4.69, 9.17) is 0 Å². The fourth-order valence-corrected chi connectivity index (χ4v) is 3.15. The normalized spacial score (nSPS) is 14.4. The zero-order chi connectivity index (χ0) is 15.1. The Labute approximate surface area is 130 Å². The van der Waals surface area contributed by atoms with E-state index >= 15 is 0 Å². The monoisotopic (exact) mass is 282 g/mol. The molecule has 0 aliphatic rings. The van der Waals surface area contributed by atoms with Crippen LogP contribution in [0.3, 0.4) is 0 Å². The molecule has 0 amide bonds. The Kier molecular flexibility index (Phi) is 15.4. The van der Waals surface area contributed by atoms with E-state index in [1.807, 2.05) is 0 Å². The van der Waals surface area contributed by atoms with Crippen molar-refractivity contribution in [2.24, 2.45) is 11.8 Å². The molecular weight excluding hydrogens is 240 g/mol. The molecule has 0 saturated heterocycles. The standard InChI is InChI=1S/C20H42/c1-5-7-8-9-10-11-12-13-14-15-16-18-20(4)19(3)17-6-2/h19-20H,5-18H2,1-4H3. The van der Waals surface area contributed by atoms with Crippen molar-refractivity contribution < 1.29 is 0 Å². The molecule has 20 heavy (non-hydrogen) atoms. The summed E-state index contributed by atoms with van der Waals surface area (Å²) in [6.07, 6.45) is 20.3. The second kappa shape index (κ2) is 15.4. The van der Waals surface area contributed by atoms with E-state index in [0.29, 0.717) is 0 Å². The van der Waals surface area contributed by atoms with Crippen molar-refractivity contribution in [3.05, 3.63) is 0 Å². The lowest BCUT2D eigenvalue weighted by Crippen LogP contribution is -2.07. The molecule has 0 aromatic heterocycles. The van der Waals surface area contributed by atoms with E-state index in [1.165, 1.54) is 89.9 Å². The number of hydrogen-bond acceptors (Lipinski definition) is 0. The Bertz CT molecular complexity index is 173. The quantitative estimate of drug-likeness (QED) is 0.269. The smallest absolute Gasteiger partial charge is 0.0417 e. The molecule has 0 saturated carbocycles. The van der Waals surface area contributed by atoms with E-state index in [0.717, 1.165) is 11.8 Å². The van der Waals surface area contributed by atoms with E-state index < -0.39 is 0 Å². The topological polar surface area (TPSA) is 0 Å². The molecule has 0 aromatic rings. The van der Waals surface area contributed by atoms with Gasteiger partial charge in [-0.1, -0.05) is 118 Å². The zero-order valence-corrected chi connectivity index (χ0v) is 15.1. The van der Waals surface area contributed by atoms with Gasteiger partial charge in [0.25, 0.3) is 0 Å². The van der Waals surface area contributed by atoms with Crippen molar-refractivity contribution in [2.45, 2.75) is 118 Å². The van der Waals surface area contributed by atoms with Gasteiger partial charge in [-0.25, -0.2) is 0 Å². The first-order chi connectivity index (χ1) is 9.72. The highest BCUT2D eigenvalue weighted by Gasteiger charge is 2.10. The van der Waals surface area contributed by atoms with Crippen molar-refractivity contribution >= 4 is 0 Å². The fourth-order valence-electron chi connectivity index (χ4n) is 3.15. The van der Waals surface area contributed by atoms with Crippen LogP contribution in [-0.4, -0.2) is 0 Å². The molecule has 0 aromatic carbocycles. The highest BCUT2D eigenvalue weighted by atomic mass is 14.2. The van der Waals surface area contributed by atoms with Crippen molar-refractivity contribution in [2.75, 3.05) is 0 Å². The third-order valence-corrected chi connectivity index (χ3v) is 4.98. The van der Waals surface area contributed by atoms with Crippen LogP contribution in [0, 0.1) is 11.8 Å². The minimum Gasteiger partial charge on any atom is -0.0654 e. The van der Waals surface area contributed by atoms with Gasteiger partial charge in [0.15, 0.2) is 0 Å². The lowest BCUT2D eigenvalue weighted by molar-refractivity contribution is 0.330. The molecule has 0 nitrogen and oxygen atoms in total. The summed E-state index contributed by atoms with van der Waals surface area (Å²) in [6.45, 7) is 9.50. The minimum absolute atomic E-state index is 0.933. The van der Waals surface area contributed by atoms with Crippen LogP contribution in [0.1, 0.15) is 118 Å². The lowest BCUT2D eigenvalue weighted by atomic mass is 9.87. The average molecular weight is 283 g/mol. The summed E-state index contributed by atoms with van der Waals surface area (Å²) in [5.74, 6) is 1.87. The molecule has 0 N–H and O–H groups in total. The second-order valence-electron chi connectivity index (χ2n) is 7.07. The Morgan fingerprint density at radius 2 is 0.850 bits per heavy atom. The molecule has 0 rings (SSSR count). The summed E-state index contributed by atoms with van der Waals surface area (Å²) in [5, 5.41) is 0. The molecule has 0 aliphatic carbocycles. The Balaban J connectivity index is 3.16. The SMILES string of the molecule is CCCCCCCCCCCCCC(C)C(C)CCC. The predicted molar refractivity (Wildman–Crippen MR) is 94.3 cm³/mol. The minimum atomic E-state index is 0.933. The van der Waals surface area contributed by atoms with Gasteiger partial charge < -0.3 is 0 Å². The maximum Gasteiger partial charge on any atom is -0.0417 e. The number of hydrogen-bond donors (Lipinski definition) is 0. The predicted octanol–water partition coefficient (Wildman–Crippen LogP) is 7.76. The average Bonchev–Trinajstić information content (AvgIpc) is 2.44. The second-order valence-corrected chi connectivity index (χ2v) is 7.07. The third-order valence-electron chi connectivity index (χ3n) is 4.98. The van der Waals surface area contributed by atoms with Crippen LogP contribution in [0.5, 0.6) is 0 Å². The summed E-state index contributed by atoms with van der Waals surface area (Å²) in [6, 6.07) is 0. The van der Waals surface area contributed by atoms with Gasteiger partial charge in [0.1, 0.15) is 0 Å². The number of unbranched alkanes of at least 4 members (excludes halogenated alkanes) is 10. The molecule has 122 valence electrons. The maximum atomic E-state index is 2.45. The highest BCUT2D eigenvalue weighted by molar-refractivity contribution is 4.62. The van der Waals surface area contributed by atoms with Crippen LogP contribution in [0.15, 0.2) is 0 Å². The van der Waals surface area contributed by atoms with Gasteiger partial charge in [0.05, 0.1) is 0 Å². The van der Waals surface area contributed by atoms with E-state index in [2.05, 4.69) is 27.7 Å². The van der Waals surface area contributed by atoms with Gasteiger partial charge in [0.2, 0.25) is 0 Å². The van der Waals surface area contributed by atoms with Crippen LogP contribution in [0.25, 0.3) is 0 Å². The summed E-state index contributed by atoms with van der Waals surface area (Å²) in [4.78, 5) is 0. The van der Waals surface area contributed by atoms with Crippen LogP contribution < -0.4 is 0 Å². The van der Waals surface area contributed by atoms with Crippen LogP contribution >= 0.6 is 0 Å². The Hall–Kier alpha value is 0. The van der Waals surface area contributed by atoms with Crippen molar-refractivity contribution in [1.82, 2.24) is 0 Å². The summed E-state index contributed by atoms with van der Waals surface area (Å²) >= 11 is 0. The van der Waals surface area contributed by atoms with Gasteiger partial charge in [-0.05, 0) is 11.8 Å². The first-order valence-corrected chi connectivity index (χ1v) is 9.72. The van der Waals surface area contributed by atoms with Crippen LogP contribution in [-0.2, 0) is 0 Å². The molecular formula is C20H42. The summed E-state index contributed by atoms with van der Waals surface area (Å²) in [7, 11) is 0. The molecule has 0 heteroatoms. The van der Waals surface area contributed by atoms with Crippen molar-refractivity contribution in [1.29, 1.82) is 0 Å². The Morgan fingerprint density at radius 3 is 1.30 bits per heavy atom. The highest BCUT2D eigenvalue weighted by Crippen LogP contribution is 2.22. The molecule has 0 fully saturated rings. The zero-order valence-electron chi connectivity index (χ0n) is 15.1. The molecule has 2 atom stereocenters. The van der Waals surface area contributed by atoms with Gasteiger partial charge >= 0.3 is 0 Å². The number of rotatable bonds is 15. The van der Waals surface area contributed by atoms with Gasteiger partial charge in [0, 0.05) is 0 Å². The van der Waals surface area contributed by atoms with Gasteiger partial charge in [-0.3, -0.25) is 0 Å². The van der Waals surface area contributed by atoms with Crippen LogP contribution in [0.2, 0.25) is 0 Å². The van der Waals surface area contributed by atoms with Gasteiger partial charge in [-0.15, -0.1) is 0 Å². The molecule has 0 aliphatic heterocycles. The summed E-state index contributed by atoms with van der Waals surface area (Å²) in [5.41, 5.74) is 0. The maximum absolute atomic E-state index is 2.45. The van der Waals surface area contributed by atoms with Crippen molar-refractivity contribution in [3.8, 4) is 0 Å². The molecule has 0 radical (unpaired) electrons. The van der Waals surface area contributed by atoms with Gasteiger partial charge in [-0.2, -0.15) is 0 Å².